The second kappa shape index (κ2) is 6.57. The number of hydrogen-bond acceptors (Lipinski definition) is 3. The summed E-state index contributed by atoms with van der Waals surface area (Å²) in [5.41, 5.74) is 1.41. The van der Waals surface area contributed by atoms with E-state index in [9.17, 15) is 0 Å². The zero-order valence-corrected chi connectivity index (χ0v) is 13.6. The second-order valence-electron chi connectivity index (χ2n) is 6.30. The van der Waals surface area contributed by atoms with Crippen molar-refractivity contribution in [1.29, 1.82) is 0 Å². The molecule has 2 rings (SSSR count). The lowest BCUT2D eigenvalue weighted by atomic mass is 10.0. The van der Waals surface area contributed by atoms with Gasteiger partial charge in [-0.05, 0) is 59.7 Å². The van der Waals surface area contributed by atoms with Gasteiger partial charge in [0.15, 0.2) is 0 Å². The highest BCUT2D eigenvalue weighted by molar-refractivity contribution is 5.50. The Bertz CT molecular complexity index is 420. The van der Waals surface area contributed by atoms with Crippen LogP contribution in [0.15, 0.2) is 18.3 Å². The van der Waals surface area contributed by atoms with Crippen LogP contribution in [0.3, 0.4) is 0 Å². The van der Waals surface area contributed by atoms with Crippen molar-refractivity contribution in [2.24, 2.45) is 0 Å². The van der Waals surface area contributed by atoms with Crippen LogP contribution in [0.25, 0.3) is 0 Å². The minimum Gasteiger partial charge on any atom is -0.351 e. The Morgan fingerprint density at radius 3 is 2.60 bits per heavy atom. The van der Waals surface area contributed by atoms with Crippen molar-refractivity contribution >= 4 is 5.82 Å². The molecule has 1 aromatic heterocycles. The maximum atomic E-state index is 4.73. The Kier molecular flexibility index (Phi) is 5.03. The molecule has 20 heavy (non-hydrogen) atoms. The van der Waals surface area contributed by atoms with E-state index in [2.05, 4.69) is 56.6 Å². The first-order valence-corrected chi connectivity index (χ1v) is 8.03. The van der Waals surface area contributed by atoms with Crippen LogP contribution in [0.5, 0.6) is 0 Å². The predicted molar refractivity (Wildman–Crippen MR) is 86.2 cm³/mol. The molecule has 1 fully saturated rings. The zero-order valence-electron chi connectivity index (χ0n) is 13.6. The number of nitrogens with zero attached hydrogens (tertiary/aromatic N) is 3. The van der Waals surface area contributed by atoms with E-state index in [4.69, 9.17) is 4.98 Å². The van der Waals surface area contributed by atoms with Crippen molar-refractivity contribution in [1.82, 2.24) is 9.88 Å². The summed E-state index contributed by atoms with van der Waals surface area (Å²) in [5.74, 6) is 1.18. The van der Waals surface area contributed by atoms with E-state index in [1.54, 1.807) is 0 Å². The lowest BCUT2D eigenvalue weighted by Gasteiger charge is -2.35. The minimum atomic E-state index is 0.472. The van der Waals surface area contributed by atoms with Crippen LogP contribution in [0.2, 0.25) is 0 Å². The van der Waals surface area contributed by atoms with Crippen LogP contribution >= 0.6 is 0 Å². The minimum absolute atomic E-state index is 0.472. The van der Waals surface area contributed by atoms with Crippen LogP contribution in [0, 0.1) is 0 Å². The largest absolute Gasteiger partial charge is 0.351 e. The molecule has 0 spiro atoms. The van der Waals surface area contributed by atoms with Gasteiger partial charge in [0.1, 0.15) is 5.82 Å². The molecule has 0 bridgehead atoms. The van der Waals surface area contributed by atoms with Gasteiger partial charge in [-0.3, -0.25) is 4.90 Å². The number of likely N-dealkylation sites (tertiary alicyclic amines) is 1. The third-order valence-electron chi connectivity index (χ3n) is 4.30. The molecular weight excluding hydrogens is 246 g/mol. The van der Waals surface area contributed by atoms with Crippen LogP contribution in [0.4, 0.5) is 5.82 Å². The Hall–Kier alpha value is -1.09. The summed E-state index contributed by atoms with van der Waals surface area (Å²) in [5, 5.41) is 0. The molecule has 0 saturated carbocycles. The number of aromatic nitrogens is 1. The van der Waals surface area contributed by atoms with Crippen molar-refractivity contribution in [3.05, 3.63) is 23.9 Å². The second-order valence-corrected chi connectivity index (χ2v) is 6.30. The van der Waals surface area contributed by atoms with Crippen molar-refractivity contribution in [2.75, 3.05) is 18.0 Å². The van der Waals surface area contributed by atoms with E-state index < -0.39 is 0 Å². The summed E-state index contributed by atoms with van der Waals surface area (Å²) < 4.78 is 0. The van der Waals surface area contributed by atoms with Crippen LogP contribution < -0.4 is 4.90 Å². The van der Waals surface area contributed by atoms with Crippen molar-refractivity contribution < 1.29 is 0 Å². The Labute approximate surface area is 124 Å². The lowest BCUT2D eigenvalue weighted by molar-refractivity contribution is 0.271. The molecule has 0 N–H and O–H groups in total. The van der Waals surface area contributed by atoms with Crippen LogP contribution in [-0.2, 0) is 0 Å². The summed E-state index contributed by atoms with van der Waals surface area (Å²) in [6.45, 7) is 13.6. The molecule has 2 heterocycles. The topological polar surface area (TPSA) is 19.4 Å². The molecule has 0 aliphatic carbocycles. The van der Waals surface area contributed by atoms with Gasteiger partial charge in [-0.2, -0.15) is 0 Å². The highest BCUT2D eigenvalue weighted by atomic mass is 15.2. The fraction of sp³-hybridized carbons (Fsp3) is 0.706. The highest BCUT2D eigenvalue weighted by Gasteiger charge is 2.29. The first-order valence-electron chi connectivity index (χ1n) is 8.03. The number of hydrogen-bond donors (Lipinski definition) is 0. The molecule has 1 atom stereocenters. The molecule has 1 aliphatic rings. The average Bonchev–Trinajstić information content (AvgIpc) is 2.86. The van der Waals surface area contributed by atoms with Crippen molar-refractivity contribution in [3.8, 4) is 0 Å². The third-order valence-corrected chi connectivity index (χ3v) is 4.30. The van der Waals surface area contributed by atoms with Gasteiger partial charge in [0, 0.05) is 29.9 Å². The summed E-state index contributed by atoms with van der Waals surface area (Å²) in [4.78, 5) is 9.76. The molecule has 0 unspecified atom stereocenters. The van der Waals surface area contributed by atoms with Gasteiger partial charge in [-0.1, -0.05) is 13.0 Å². The molecular formula is C17H29N3. The summed E-state index contributed by atoms with van der Waals surface area (Å²) in [7, 11) is 0. The molecule has 1 aromatic rings. The third kappa shape index (κ3) is 2.98. The van der Waals surface area contributed by atoms with Gasteiger partial charge < -0.3 is 4.90 Å². The quantitative estimate of drug-likeness (QED) is 0.813. The number of rotatable bonds is 5. The number of anilines is 1. The molecule has 3 heteroatoms. The number of pyridine rings is 1. The Morgan fingerprint density at radius 1 is 1.30 bits per heavy atom. The SMILES string of the molecule is CCN1CCC[C@@H]1c1cccnc1N(C(C)C)C(C)C. The Morgan fingerprint density at radius 2 is 2.00 bits per heavy atom. The maximum Gasteiger partial charge on any atom is 0.133 e. The standard InChI is InChI=1S/C17H29N3/c1-6-19-12-8-10-16(19)15-9-7-11-18-17(15)20(13(2)3)14(4)5/h7,9,11,13-14,16H,6,8,10,12H2,1-5H3/t16-/m1/s1. The van der Waals surface area contributed by atoms with Gasteiger partial charge in [-0.15, -0.1) is 0 Å². The lowest BCUT2D eigenvalue weighted by Crippen LogP contribution is -2.39. The van der Waals surface area contributed by atoms with Gasteiger partial charge >= 0.3 is 0 Å². The smallest absolute Gasteiger partial charge is 0.133 e. The molecule has 1 aliphatic heterocycles. The van der Waals surface area contributed by atoms with Gasteiger partial charge in [0.05, 0.1) is 0 Å². The zero-order chi connectivity index (χ0) is 14.7. The molecule has 0 amide bonds. The van der Waals surface area contributed by atoms with Crippen LogP contribution in [-0.4, -0.2) is 35.1 Å². The van der Waals surface area contributed by atoms with E-state index >= 15 is 0 Å². The molecule has 1 saturated heterocycles. The molecule has 0 radical (unpaired) electrons. The van der Waals surface area contributed by atoms with E-state index in [1.807, 2.05) is 6.20 Å². The maximum absolute atomic E-state index is 4.73. The van der Waals surface area contributed by atoms with Crippen molar-refractivity contribution in [2.45, 2.75) is 65.6 Å². The van der Waals surface area contributed by atoms with E-state index in [-0.39, 0.29) is 0 Å². The summed E-state index contributed by atoms with van der Waals surface area (Å²) in [6, 6.07) is 5.85. The highest BCUT2D eigenvalue weighted by Crippen LogP contribution is 2.36. The van der Waals surface area contributed by atoms with E-state index in [0.717, 1.165) is 6.54 Å². The first kappa shape index (κ1) is 15.3. The van der Waals surface area contributed by atoms with Gasteiger partial charge in [0.25, 0.3) is 0 Å². The molecule has 0 aromatic carbocycles. The predicted octanol–water partition coefficient (Wildman–Crippen LogP) is 3.86. The normalized spacial score (nSPS) is 20.1. The van der Waals surface area contributed by atoms with E-state index in [1.165, 1.54) is 30.8 Å². The van der Waals surface area contributed by atoms with Crippen LogP contribution in [0.1, 0.15) is 59.1 Å². The summed E-state index contributed by atoms with van der Waals surface area (Å²) in [6.07, 6.45) is 4.49. The first-order chi connectivity index (χ1) is 9.56. The van der Waals surface area contributed by atoms with Gasteiger partial charge in [-0.25, -0.2) is 4.98 Å². The van der Waals surface area contributed by atoms with Crippen molar-refractivity contribution in [3.63, 3.8) is 0 Å². The Balaban J connectivity index is 2.39. The van der Waals surface area contributed by atoms with E-state index in [0.29, 0.717) is 18.1 Å². The average molecular weight is 275 g/mol. The fourth-order valence-corrected chi connectivity index (χ4v) is 3.53. The van der Waals surface area contributed by atoms with Gasteiger partial charge in [0.2, 0.25) is 0 Å². The fourth-order valence-electron chi connectivity index (χ4n) is 3.53. The molecule has 112 valence electrons. The molecule has 3 nitrogen and oxygen atoms in total. The monoisotopic (exact) mass is 275 g/mol. The summed E-state index contributed by atoms with van der Waals surface area (Å²) >= 11 is 0.